The van der Waals surface area contributed by atoms with E-state index in [4.69, 9.17) is 0 Å². The summed E-state index contributed by atoms with van der Waals surface area (Å²) in [4.78, 5) is 48.3. The molecule has 0 unspecified atom stereocenters. The average molecular weight is 492 g/mol. The van der Waals surface area contributed by atoms with Crippen molar-refractivity contribution in [2.45, 2.75) is 58.8 Å². The standard InChI is InChI=1S/C28H37N5O3/c1-5-24(29-6-2)17-22-9-13-33(14-10-22)26(36)8-7-23-18-25(27(30-19-23)31-20-34)28(4)11-15-32(16-12-28)21(3)35/h5-8,17-20H,9-16H2,1-4H3,(H,30,31,34)/b8-7+,24-5-,29-6?. The van der Waals surface area contributed by atoms with Gasteiger partial charge in [0.25, 0.3) is 0 Å². The molecule has 8 nitrogen and oxygen atoms in total. The molecule has 0 spiro atoms. The maximum Gasteiger partial charge on any atom is 0.246 e. The molecule has 3 heterocycles. The number of pyridine rings is 1. The normalized spacial score (nSPS) is 18.6. The Morgan fingerprint density at radius 3 is 2.39 bits per heavy atom. The number of piperidine rings is 2. The summed E-state index contributed by atoms with van der Waals surface area (Å²) in [7, 11) is 0. The van der Waals surface area contributed by atoms with Crippen LogP contribution in [0.1, 0.15) is 64.5 Å². The quantitative estimate of drug-likeness (QED) is 0.353. The predicted molar refractivity (Wildman–Crippen MR) is 144 cm³/mol. The number of anilines is 1. The molecule has 2 aliphatic heterocycles. The molecule has 2 aliphatic rings. The lowest BCUT2D eigenvalue weighted by atomic mass is 9.74. The van der Waals surface area contributed by atoms with Gasteiger partial charge in [0.1, 0.15) is 5.82 Å². The van der Waals surface area contributed by atoms with Crippen molar-refractivity contribution in [2.24, 2.45) is 4.99 Å². The molecule has 0 aliphatic carbocycles. The van der Waals surface area contributed by atoms with Crippen LogP contribution in [-0.2, 0) is 19.8 Å². The molecule has 8 heteroatoms. The summed E-state index contributed by atoms with van der Waals surface area (Å²) in [5.74, 6) is 0.577. The summed E-state index contributed by atoms with van der Waals surface area (Å²) in [6.45, 7) is 10.3. The zero-order valence-electron chi connectivity index (χ0n) is 21.8. The monoisotopic (exact) mass is 491 g/mol. The molecule has 1 aromatic heterocycles. The lowest BCUT2D eigenvalue weighted by Crippen LogP contribution is -2.43. The fourth-order valence-corrected chi connectivity index (χ4v) is 4.77. The third-order valence-electron chi connectivity index (χ3n) is 7.13. The number of carbonyl (C=O) groups is 3. The van der Waals surface area contributed by atoms with Gasteiger partial charge in [-0.2, -0.15) is 0 Å². The summed E-state index contributed by atoms with van der Waals surface area (Å²) in [5, 5.41) is 2.72. The lowest BCUT2D eigenvalue weighted by molar-refractivity contribution is -0.130. The van der Waals surface area contributed by atoms with E-state index in [1.165, 1.54) is 5.57 Å². The van der Waals surface area contributed by atoms with Crippen molar-refractivity contribution in [3.05, 3.63) is 52.9 Å². The second kappa shape index (κ2) is 12.4. The van der Waals surface area contributed by atoms with Crippen LogP contribution in [0, 0.1) is 0 Å². The number of aliphatic imine (C=N–C) groups is 1. The Morgan fingerprint density at radius 1 is 1.11 bits per heavy atom. The van der Waals surface area contributed by atoms with E-state index in [1.54, 1.807) is 31.5 Å². The highest BCUT2D eigenvalue weighted by atomic mass is 16.2. The van der Waals surface area contributed by atoms with E-state index in [2.05, 4.69) is 28.3 Å². The summed E-state index contributed by atoms with van der Waals surface area (Å²) in [5.41, 5.74) is 3.75. The van der Waals surface area contributed by atoms with Gasteiger partial charge in [-0.05, 0) is 68.7 Å². The Bertz CT molecular complexity index is 1080. The number of hydrogen-bond acceptors (Lipinski definition) is 5. The van der Waals surface area contributed by atoms with Crippen LogP contribution in [0.4, 0.5) is 5.82 Å². The predicted octanol–water partition coefficient (Wildman–Crippen LogP) is 4.11. The topological polar surface area (TPSA) is 95.0 Å². The molecule has 1 aromatic rings. The van der Waals surface area contributed by atoms with Crippen molar-refractivity contribution < 1.29 is 14.4 Å². The SMILES string of the molecule is CC=N/C(C=C1CCN(C(=O)/C=C/c2cnc(NC=O)c(C3(C)CCN(C(C)=O)CC3)c2)CC1)=C\C. The Balaban J connectivity index is 1.70. The van der Waals surface area contributed by atoms with Crippen LogP contribution in [0.5, 0.6) is 0 Å². The maximum atomic E-state index is 12.8. The van der Waals surface area contributed by atoms with E-state index in [-0.39, 0.29) is 17.2 Å². The Morgan fingerprint density at radius 2 is 1.81 bits per heavy atom. The average Bonchev–Trinajstić information content (AvgIpc) is 2.88. The van der Waals surface area contributed by atoms with Crippen molar-refractivity contribution >= 4 is 36.3 Å². The minimum atomic E-state index is -0.235. The van der Waals surface area contributed by atoms with Crippen LogP contribution in [0.3, 0.4) is 0 Å². The first-order valence-corrected chi connectivity index (χ1v) is 12.6. The van der Waals surface area contributed by atoms with Gasteiger partial charge in [-0.25, -0.2) is 4.98 Å². The molecule has 0 atom stereocenters. The van der Waals surface area contributed by atoms with Gasteiger partial charge < -0.3 is 15.1 Å². The summed E-state index contributed by atoms with van der Waals surface area (Å²) >= 11 is 0. The number of hydrogen-bond donors (Lipinski definition) is 1. The first-order chi connectivity index (χ1) is 17.3. The summed E-state index contributed by atoms with van der Waals surface area (Å²) in [6, 6.07) is 2.00. The fourth-order valence-electron chi connectivity index (χ4n) is 4.77. The van der Waals surface area contributed by atoms with E-state index in [1.807, 2.05) is 35.8 Å². The molecule has 1 N–H and O–H groups in total. The number of carbonyl (C=O) groups excluding carboxylic acids is 3. The van der Waals surface area contributed by atoms with Crippen molar-refractivity contribution in [2.75, 3.05) is 31.5 Å². The fraction of sp³-hybridized carbons (Fsp3) is 0.464. The molecule has 2 saturated heterocycles. The summed E-state index contributed by atoms with van der Waals surface area (Å²) in [6.07, 6.45) is 14.8. The number of nitrogens with one attached hydrogen (secondary N) is 1. The van der Waals surface area contributed by atoms with Gasteiger partial charge in [0.2, 0.25) is 18.2 Å². The first-order valence-electron chi connectivity index (χ1n) is 12.6. The highest BCUT2D eigenvalue weighted by Gasteiger charge is 2.35. The van der Waals surface area contributed by atoms with Gasteiger partial charge in [0, 0.05) is 57.2 Å². The minimum Gasteiger partial charge on any atom is -0.343 e. The summed E-state index contributed by atoms with van der Waals surface area (Å²) < 4.78 is 0. The Hall–Kier alpha value is -3.55. The maximum absolute atomic E-state index is 12.8. The molecule has 0 radical (unpaired) electrons. The molecule has 2 fully saturated rings. The van der Waals surface area contributed by atoms with Crippen molar-refractivity contribution in [3.8, 4) is 0 Å². The molecule has 0 saturated carbocycles. The zero-order chi connectivity index (χ0) is 26.1. The van der Waals surface area contributed by atoms with Crippen molar-refractivity contribution in [1.82, 2.24) is 14.8 Å². The van der Waals surface area contributed by atoms with E-state index in [0.717, 1.165) is 42.5 Å². The van der Waals surface area contributed by atoms with E-state index >= 15 is 0 Å². The van der Waals surface area contributed by atoms with Gasteiger partial charge in [-0.1, -0.05) is 18.6 Å². The number of amides is 3. The van der Waals surface area contributed by atoms with Crippen LogP contribution in [-0.4, -0.2) is 65.4 Å². The first kappa shape index (κ1) is 27.0. The Labute approximate surface area is 213 Å². The highest BCUT2D eigenvalue weighted by Crippen LogP contribution is 2.38. The minimum absolute atomic E-state index is 0.0236. The highest BCUT2D eigenvalue weighted by molar-refractivity contribution is 5.92. The van der Waals surface area contributed by atoms with Gasteiger partial charge in [0.05, 0.1) is 5.70 Å². The molecular formula is C28H37N5O3. The van der Waals surface area contributed by atoms with Crippen LogP contribution in [0.15, 0.2) is 46.8 Å². The number of rotatable bonds is 7. The second-order valence-corrected chi connectivity index (χ2v) is 9.56. The zero-order valence-corrected chi connectivity index (χ0v) is 21.8. The van der Waals surface area contributed by atoms with E-state index in [0.29, 0.717) is 38.4 Å². The number of likely N-dealkylation sites (tertiary alicyclic amines) is 2. The third-order valence-corrected chi connectivity index (χ3v) is 7.13. The Kier molecular flexibility index (Phi) is 9.33. The molecule has 3 rings (SSSR count). The second-order valence-electron chi connectivity index (χ2n) is 9.56. The van der Waals surface area contributed by atoms with E-state index < -0.39 is 0 Å². The van der Waals surface area contributed by atoms with Crippen LogP contribution >= 0.6 is 0 Å². The molecule has 0 aromatic carbocycles. The van der Waals surface area contributed by atoms with Gasteiger partial charge in [-0.15, -0.1) is 0 Å². The third kappa shape index (κ3) is 6.77. The van der Waals surface area contributed by atoms with Gasteiger partial charge in [0.15, 0.2) is 0 Å². The van der Waals surface area contributed by atoms with E-state index in [9.17, 15) is 14.4 Å². The van der Waals surface area contributed by atoms with Crippen molar-refractivity contribution in [3.63, 3.8) is 0 Å². The smallest absolute Gasteiger partial charge is 0.246 e. The lowest BCUT2D eigenvalue weighted by Gasteiger charge is -2.40. The van der Waals surface area contributed by atoms with Crippen molar-refractivity contribution in [1.29, 1.82) is 0 Å². The van der Waals surface area contributed by atoms with Crippen LogP contribution < -0.4 is 5.32 Å². The van der Waals surface area contributed by atoms with Crippen LogP contribution in [0.25, 0.3) is 6.08 Å². The number of aromatic nitrogens is 1. The van der Waals surface area contributed by atoms with Gasteiger partial charge in [-0.3, -0.25) is 19.4 Å². The molecule has 0 bridgehead atoms. The molecular weight excluding hydrogens is 454 g/mol. The molecule has 192 valence electrons. The van der Waals surface area contributed by atoms with Crippen LogP contribution in [0.2, 0.25) is 0 Å². The molecule has 3 amide bonds. The number of nitrogens with zero attached hydrogens (tertiary/aromatic N) is 4. The number of allylic oxidation sites excluding steroid dienone is 2. The van der Waals surface area contributed by atoms with Gasteiger partial charge >= 0.3 is 0 Å². The largest absolute Gasteiger partial charge is 0.343 e. The molecule has 36 heavy (non-hydrogen) atoms.